The third kappa shape index (κ3) is 3.26. The van der Waals surface area contributed by atoms with E-state index in [1.165, 1.54) is 55.5 Å². The van der Waals surface area contributed by atoms with Crippen molar-refractivity contribution in [3.8, 4) is 0 Å². The summed E-state index contributed by atoms with van der Waals surface area (Å²) in [5.41, 5.74) is 4.32. The van der Waals surface area contributed by atoms with Crippen molar-refractivity contribution in [1.82, 2.24) is 5.32 Å². The standard InChI is InChI=1S/C19H30N2/c1-14(2)20-13-17-9-10-18(12-15(17)3)21-11-5-7-16-6-4-8-19(16)21/h9-10,12,14,16,19-20H,4-8,11,13H2,1-3H3. The summed E-state index contributed by atoms with van der Waals surface area (Å²) in [7, 11) is 0. The first kappa shape index (κ1) is 14.9. The molecule has 1 aliphatic carbocycles. The fourth-order valence-electron chi connectivity index (χ4n) is 4.15. The van der Waals surface area contributed by atoms with Gasteiger partial charge in [-0.15, -0.1) is 0 Å². The second kappa shape index (κ2) is 6.39. The minimum atomic E-state index is 0.547. The molecular weight excluding hydrogens is 256 g/mol. The Morgan fingerprint density at radius 3 is 2.76 bits per heavy atom. The molecule has 0 aromatic heterocycles. The monoisotopic (exact) mass is 286 g/mol. The summed E-state index contributed by atoms with van der Waals surface area (Å²) in [4.78, 5) is 2.70. The molecule has 1 saturated heterocycles. The van der Waals surface area contributed by atoms with Gasteiger partial charge in [-0.3, -0.25) is 0 Å². The van der Waals surface area contributed by atoms with E-state index >= 15 is 0 Å². The van der Waals surface area contributed by atoms with Crippen LogP contribution in [0.3, 0.4) is 0 Å². The molecule has 2 aliphatic rings. The van der Waals surface area contributed by atoms with E-state index in [2.05, 4.69) is 49.2 Å². The van der Waals surface area contributed by atoms with Gasteiger partial charge in [0.1, 0.15) is 0 Å². The average Bonchev–Trinajstić information content (AvgIpc) is 2.94. The van der Waals surface area contributed by atoms with Crippen LogP contribution in [0, 0.1) is 12.8 Å². The zero-order valence-corrected chi connectivity index (χ0v) is 13.9. The molecule has 0 spiro atoms. The van der Waals surface area contributed by atoms with Crippen molar-refractivity contribution in [2.75, 3.05) is 11.4 Å². The van der Waals surface area contributed by atoms with Gasteiger partial charge in [-0.2, -0.15) is 0 Å². The molecule has 1 aromatic carbocycles. The predicted molar refractivity (Wildman–Crippen MR) is 90.9 cm³/mol. The largest absolute Gasteiger partial charge is 0.368 e. The highest BCUT2D eigenvalue weighted by molar-refractivity contribution is 5.52. The maximum absolute atomic E-state index is 3.53. The van der Waals surface area contributed by atoms with Crippen molar-refractivity contribution < 1.29 is 0 Å². The summed E-state index contributed by atoms with van der Waals surface area (Å²) < 4.78 is 0. The van der Waals surface area contributed by atoms with Gasteiger partial charge in [-0.25, -0.2) is 0 Å². The lowest BCUT2D eigenvalue weighted by Gasteiger charge is -2.39. The van der Waals surface area contributed by atoms with Gasteiger partial charge in [0.25, 0.3) is 0 Å². The second-order valence-corrected chi connectivity index (χ2v) is 7.24. The molecule has 21 heavy (non-hydrogen) atoms. The number of nitrogens with zero attached hydrogens (tertiary/aromatic N) is 1. The number of fused-ring (bicyclic) bond motifs is 1. The molecule has 0 bridgehead atoms. The summed E-state index contributed by atoms with van der Waals surface area (Å²) in [5, 5.41) is 3.53. The van der Waals surface area contributed by atoms with Gasteiger partial charge in [-0.05, 0) is 61.8 Å². The number of hydrogen-bond acceptors (Lipinski definition) is 2. The van der Waals surface area contributed by atoms with Crippen LogP contribution in [0.2, 0.25) is 0 Å². The molecule has 2 unspecified atom stereocenters. The Morgan fingerprint density at radius 2 is 2.00 bits per heavy atom. The van der Waals surface area contributed by atoms with Gasteiger partial charge >= 0.3 is 0 Å². The Balaban J connectivity index is 1.75. The van der Waals surface area contributed by atoms with Gasteiger partial charge in [0.05, 0.1) is 0 Å². The highest BCUT2D eigenvalue weighted by Crippen LogP contribution is 2.39. The molecule has 2 atom stereocenters. The van der Waals surface area contributed by atoms with Crippen molar-refractivity contribution in [2.24, 2.45) is 5.92 Å². The quantitative estimate of drug-likeness (QED) is 0.889. The minimum absolute atomic E-state index is 0.547. The van der Waals surface area contributed by atoms with Gasteiger partial charge in [0, 0.05) is 30.9 Å². The summed E-state index contributed by atoms with van der Waals surface area (Å²) >= 11 is 0. The highest BCUT2D eigenvalue weighted by atomic mass is 15.2. The zero-order chi connectivity index (χ0) is 14.8. The van der Waals surface area contributed by atoms with Crippen molar-refractivity contribution >= 4 is 5.69 Å². The van der Waals surface area contributed by atoms with Crippen LogP contribution in [0.25, 0.3) is 0 Å². The lowest BCUT2D eigenvalue weighted by atomic mass is 9.91. The maximum Gasteiger partial charge on any atom is 0.0371 e. The maximum atomic E-state index is 3.53. The third-order valence-electron chi connectivity index (χ3n) is 5.35. The molecule has 1 aliphatic heterocycles. The lowest BCUT2D eigenvalue weighted by molar-refractivity contribution is 0.362. The van der Waals surface area contributed by atoms with Crippen LogP contribution in [0.4, 0.5) is 5.69 Å². The molecule has 1 saturated carbocycles. The number of piperidine rings is 1. The third-order valence-corrected chi connectivity index (χ3v) is 5.35. The molecule has 1 N–H and O–H groups in total. The van der Waals surface area contributed by atoms with E-state index in [0.29, 0.717) is 6.04 Å². The van der Waals surface area contributed by atoms with Gasteiger partial charge in [0.15, 0.2) is 0 Å². The Kier molecular flexibility index (Phi) is 4.54. The zero-order valence-electron chi connectivity index (χ0n) is 13.9. The van der Waals surface area contributed by atoms with Gasteiger partial charge in [-0.1, -0.05) is 26.3 Å². The van der Waals surface area contributed by atoms with Crippen molar-refractivity contribution in [2.45, 2.75) is 71.5 Å². The van der Waals surface area contributed by atoms with Crippen LogP contribution < -0.4 is 10.2 Å². The van der Waals surface area contributed by atoms with E-state index in [9.17, 15) is 0 Å². The summed E-state index contributed by atoms with van der Waals surface area (Å²) in [6.45, 7) is 8.91. The van der Waals surface area contributed by atoms with Crippen LogP contribution in [-0.2, 0) is 6.54 Å². The van der Waals surface area contributed by atoms with E-state index in [-0.39, 0.29) is 0 Å². The molecule has 2 heteroatoms. The first-order valence-electron chi connectivity index (χ1n) is 8.74. The van der Waals surface area contributed by atoms with E-state index in [1.807, 2.05) is 0 Å². The highest BCUT2D eigenvalue weighted by Gasteiger charge is 2.34. The Labute approximate surface area is 129 Å². The number of rotatable bonds is 4. The Morgan fingerprint density at radius 1 is 1.19 bits per heavy atom. The number of nitrogens with one attached hydrogen (secondary N) is 1. The molecule has 116 valence electrons. The van der Waals surface area contributed by atoms with Crippen LogP contribution in [0.1, 0.15) is 57.1 Å². The average molecular weight is 286 g/mol. The van der Waals surface area contributed by atoms with Crippen LogP contribution in [0.5, 0.6) is 0 Å². The molecule has 1 aromatic rings. The van der Waals surface area contributed by atoms with Crippen molar-refractivity contribution in [3.05, 3.63) is 29.3 Å². The Bertz CT molecular complexity index is 480. The SMILES string of the molecule is Cc1cc(N2CCCC3CCCC32)ccc1CNC(C)C. The molecule has 0 radical (unpaired) electrons. The first-order chi connectivity index (χ1) is 10.1. The minimum Gasteiger partial charge on any atom is -0.368 e. The number of hydrogen-bond donors (Lipinski definition) is 1. The number of benzene rings is 1. The summed E-state index contributed by atoms with van der Waals surface area (Å²) in [5.74, 6) is 0.960. The van der Waals surface area contributed by atoms with Crippen molar-refractivity contribution in [1.29, 1.82) is 0 Å². The summed E-state index contributed by atoms with van der Waals surface area (Å²) in [6.07, 6.45) is 7.12. The lowest BCUT2D eigenvalue weighted by Crippen LogP contribution is -2.42. The van der Waals surface area contributed by atoms with Crippen LogP contribution >= 0.6 is 0 Å². The molecular formula is C19H30N2. The number of anilines is 1. The molecule has 0 amide bonds. The van der Waals surface area contributed by atoms with E-state index in [4.69, 9.17) is 0 Å². The first-order valence-corrected chi connectivity index (χ1v) is 8.74. The molecule has 3 rings (SSSR count). The van der Waals surface area contributed by atoms with Gasteiger partial charge < -0.3 is 10.2 Å². The predicted octanol–water partition coefficient (Wildman–Crippen LogP) is 4.26. The van der Waals surface area contributed by atoms with Crippen molar-refractivity contribution in [3.63, 3.8) is 0 Å². The van der Waals surface area contributed by atoms with E-state index in [1.54, 1.807) is 0 Å². The van der Waals surface area contributed by atoms with E-state index in [0.717, 1.165) is 18.5 Å². The van der Waals surface area contributed by atoms with Crippen LogP contribution in [-0.4, -0.2) is 18.6 Å². The second-order valence-electron chi connectivity index (χ2n) is 7.24. The van der Waals surface area contributed by atoms with Crippen LogP contribution in [0.15, 0.2) is 18.2 Å². The molecule has 1 heterocycles. The van der Waals surface area contributed by atoms with Gasteiger partial charge in [0.2, 0.25) is 0 Å². The fraction of sp³-hybridized carbons (Fsp3) is 0.684. The fourth-order valence-corrected chi connectivity index (χ4v) is 4.15. The molecule has 2 nitrogen and oxygen atoms in total. The number of aryl methyl sites for hydroxylation is 1. The Hall–Kier alpha value is -1.02. The topological polar surface area (TPSA) is 15.3 Å². The smallest absolute Gasteiger partial charge is 0.0371 e. The van der Waals surface area contributed by atoms with E-state index < -0.39 is 0 Å². The normalized spacial score (nSPS) is 25.4. The summed E-state index contributed by atoms with van der Waals surface area (Å²) in [6, 6.07) is 8.46. The molecule has 2 fully saturated rings.